The molecular formula is C21H21F3N4O2. The van der Waals surface area contributed by atoms with E-state index in [1.165, 1.54) is 35.5 Å². The van der Waals surface area contributed by atoms with Gasteiger partial charge < -0.3 is 14.9 Å². The topological polar surface area (TPSA) is 69.6 Å². The molecule has 0 bridgehead atoms. The van der Waals surface area contributed by atoms with E-state index in [1.54, 1.807) is 13.8 Å². The standard InChI is InChI=1S/C21H21F3N4O2/c1-20(2,30)8-7-15-13-25-19(26-14-15)28-11-9-27(10-12-28)18(29)16-5-3-4-6-17(16)21(22,23)24/h3-6,13-14,30H,9-12H2,1-2H3. The van der Waals surface area contributed by atoms with Gasteiger partial charge in [0.2, 0.25) is 5.95 Å². The molecule has 0 radical (unpaired) electrons. The summed E-state index contributed by atoms with van der Waals surface area (Å²) in [4.78, 5) is 24.4. The van der Waals surface area contributed by atoms with Crippen molar-refractivity contribution in [1.29, 1.82) is 0 Å². The number of aliphatic hydroxyl groups is 1. The van der Waals surface area contributed by atoms with E-state index in [1.807, 2.05) is 4.90 Å². The Hall–Kier alpha value is -3.12. The van der Waals surface area contributed by atoms with Crippen molar-refractivity contribution >= 4 is 11.9 Å². The Bertz CT molecular complexity index is 965. The summed E-state index contributed by atoms with van der Waals surface area (Å²) in [6, 6.07) is 4.81. The van der Waals surface area contributed by atoms with Crippen molar-refractivity contribution in [2.24, 2.45) is 0 Å². The van der Waals surface area contributed by atoms with Crippen LogP contribution in [0.3, 0.4) is 0 Å². The van der Waals surface area contributed by atoms with Crippen LogP contribution in [0.15, 0.2) is 36.7 Å². The van der Waals surface area contributed by atoms with Crippen molar-refractivity contribution in [2.45, 2.75) is 25.6 Å². The van der Waals surface area contributed by atoms with E-state index in [0.29, 0.717) is 24.6 Å². The Balaban J connectivity index is 1.65. The quantitative estimate of drug-likeness (QED) is 0.760. The SMILES string of the molecule is CC(C)(O)C#Cc1cnc(N2CCN(C(=O)c3ccccc3C(F)(F)F)CC2)nc1. The van der Waals surface area contributed by atoms with E-state index >= 15 is 0 Å². The zero-order chi connectivity index (χ0) is 21.9. The zero-order valence-corrected chi connectivity index (χ0v) is 16.6. The zero-order valence-electron chi connectivity index (χ0n) is 16.6. The van der Waals surface area contributed by atoms with Crippen LogP contribution >= 0.6 is 0 Å². The first-order valence-electron chi connectivity index (χ1n) is 9.33. The van der Waals surface area contributed by atoms with Crippen LogP contribution in [0.4, 0.5) is 19.1 Å². The molecule has 2 aromatic rings. The summed E-state index contributed by atoms with van der Waals surface area (Å²) < 4.78 is 39.6. The predicted molar refractivity (Wildman–Crippen MR) is 105 cm³/mol. The van der Waals surface area contributed by atoms with Crippen molar-refractivity contribution in [2.75, 3.05) is 31.1 Å². The van der Waals surface area contributed by atoms with Crippen molar-refractivity contribution in [1.82, 2.24) is 14.9 Å². The number of piperazine rings is 1. The van der Waals surface area contributed by atoms with Gasteiger partial charge in [-0.25, -0.2) is 9.97 Å². The van der Waals surface area contributed by atoms with Crippen molar-refractivity contribution in [3.8, 4) is 11.8 Å². The van der Waals surface area contributed by atoms with Gasteiger partial charge in [-0.05, 0) is 26.0 Å². The fourth-order valence-corrected chi connectivity index (χ4v) is 2.97. The minimum absolute atomic E-state index is 0.259. The smallest absolute Gasteiger partial charge is 0.378 e. The Morgan fingerprint density at radius 2 is 1.67 bits per heavy atom. The monoisotopic (exact) mass is 418 g/mol. The summed E-state index contributed by atoms with van der Waals surface area (Å²) in [7, 11) is 0. The van der Waals surface area contributed by atoms with Gasteiger partial charge in [-0.2, -0.15) is 13.2 Å². The normalized spacial score (nSPS) is 14.9. The van der Waals surface area contributed by atoms with Gasteiger partial charge >= 0.3 is 6.18 Å². The number of carbonyl (C=O) groups excluding carboxylic acids is 1. The van der Waals surface area contributed by atoms with E-state index in [-0.39, 0.29) is 18.7 Å². The molecule has 1 amide bonds. The molecule has 3 rings (SSSR count). The Kier molecular flexibility index (Phi) is 5.99. The molecule has 0 atom stereocenters. The van der Waals surface area contributed by atoms with Crippen molar-refractivity contribution < 1.29 is 23.1 Å². The van der Waals surface area contributed by atoms with E-state index in [2.05, 4.69) is 21.8 Å². The van der Waals surface area contributed by atoms with Crippen LogP contribution in [-0.2, 0) is 6.18 Å². The van der Waals surface area contributed by atoms with Gasteiger partial charge in [0, 0.05) is 38.6 Å². The third kappa shape index (κ3) is 5.27. The second-order valence-corrected chi connectivity index (χ2v) is 7.40. The fraction of sp³-hybridized carbons (Fsp3) is 0.381. The predicted octanol–water partition coefficient (Wildman–Crippen LogP) is 2.58. The van der Waals surface area contributed by atoms with Crippen LogP contribution in [-0.4, -0.2) is 57.7 Å². The number of carbonyl (C=O) groups is 1. The van der Waals surface area contributed by atoms with E-state index in [0.717, 1.165) is 6.07 Å². The number of anilines is 1. The molecule has 1 aromatic carbocycles. The Morgan fingerprint density at radius 1 is 1.07 bits per heavy atom. The third-order valence-electron chi connectivity index (χ3n) is 4.46. The van der Waals surface area contributed by atoms with Crippen molar-refractivity contribution in [3.63, 3.8) is 0 Å². The third-order valence-corrected chi connectivity index (χ3v) is 4.46. The van der Waals surface area contributed by atoms with Crippen LogP contribution < -0.4 is 4.90 Å². The molecule has 2 heterocycles. The number of halogens is 3. The molecule has 1 N–H and O–H groups in total. The highest BCUT2D eigenvalue weighted by atomic mass is 19.4. The number of hydrogen-bond donors (Lipinski definition) is 1. The number of nitrogens with zero attached hydrogens (tertiary/aromatic N) is 4. The number of aromatic nitrogens is 2. The van der Waals surface area contributed by atoms with Gasteiger partial charge in [0.05, 0.1) is 16.7 Å². The molecule has 1 aromatic heterocycles. The molecule has 1 aliphatic heterocycles. The largest absolute Gasteiger partial charge is 0.417 e. The minimum Gasteiger partial charge on any atom is -0.378 e. The molecule has 0 spiro atoms. The summed E-state index contributed by atoms with van der Waals surface area (Å²) in [6.45, 7) is 4.46. The van der Waals surface area contributed by atoms with Crippen LogP contribution in [0, 0.1) is 11.8 Å². The maximum atomic E-state index is 13.2. The Morgan fingerprint density at radius 3 is 2.23 bits per heavy atom. The van der Waals surface area contributed by atoms with Crippen LogP contribution in [0.2, 0.25) is 0 Å². The molecule has 0 unspecified atom stereocenters. The average Bonchev–Trinajstić information content (AvgIpc) is 2.71. The summed E-state index contributed by atoms with van der Waals surface area (Å²) in [5, 5.41) is 9.63. The van der Waals surface area contributed by atoms with Crippen LogP contribution in [0.5, 0.6) is 0 Å². The lowest BCUT2D eigenvalue weighted by Crippen LogP contribution is -2.49. The first kappa shape index (κ1) is 21.6. The summed E-state index contributed by atoms with van der Waals surface area (Å²) in [5.41, 5.74) is -1.84. The minimum atomic E-state index is -4.59. The first-order chi connectivity index (χ1) is 14.0. The maximum Gasteiger partial charge on any atom is 0.417 e. The molecule has 30 heavy (non-hydrogen) atoms. The fourth-order valence-electron chi connectivity index (χ4n) is 2.97. The van der Waals surface area contributed by atoms with E-state index in [9.17, 15) is 23.1 Å². The second-order valence-electron chi connectivity index (χ2n) is 7.40. The van der Waals surface area contributed by atoms with E-state index < -0.39 is 23.2 Å². The lowest BCUT2D eigenvalue weighted by atomic mass is 10.1. The lowest BCUT2D eigenvalue weighted by molar-refractivity contribution is -0.138. The summed E-state index contributed by atoms with van der Waals surface area (Å²) in [5.74, 6) is 5.27. The van der Waals surface area contributed by atoms with Gasteiger partial charge in [0.1, 0.15) is 5.60 Å². The molecule has 0 saturated carbocycles. The van der Waals surface area contributed by atoms with Crippen LogP contribution in [0.1, 0.15) is 35.3 Å². The van der Waals surface area contributed by atoms with Crippen molar-refractivity contribution in [3.05, 3.63) is 53.3 Å². The molecular weight excluding hydrogens is 397 g/mol. The maximum absolute atomic E-state index is 13.2. The molecule has 158 valence electrons. The molecule has 1 saturated heterocycles. The number of rotatable bonds is 2. The summed E-state index contributed by atoms with van der Waals surface area (Å²) >= 11 is 0. The molecule has 1 fully saturated rings. The van der Waals surface area contributed by atoms with Crippen LogP contribution in [0.25, 0.3) is 0 Å². The second kappa shape index (κ2) is 8.32. The lowest BCUT2D eigenvalue weighted by Gasteiger charge is -2.35. The highest BCUT2D eigenvalue weighted by molar-refractivity contribution is 5.96. The van der Waals surface area contributed by atoms with Gasteiger partial charge in [-0.15, -0.1) is 0 Å². The highest BCUT2D eigenvalue weighted by Crippen LogP contribution is 2.32. The van der Waals surface area contributed by atoms with Gasteiger partial charge in [-0.1, -0.05) is 24.0 Å². The number of alkyl halides is 3. The molecule has 6 nitrogen and oxygen atoms in total. The van der Waals surface area contributed by atoms with Gasteiger partial charge in [-0.3, -0.25) is 4.79 Å². The Labute approximate surface area is 172 Å². The van der Waals surface area contributed by atoms with Gasteiger partial charge in [0.25, 0.3) is 5.91 Å². The molecule has 1 aliphatic rings. The number of amides is 1. The average molecular weight is 418 g/mol. The molecule has 0 aliphatic carbocycles. The number of hydrogen-bond acceptors (Lipinski definition) is 5. The molecule has 9 heteroatoms. The van der Waals surface area contributed by atoms with Gasteiger partial charge in [0.15, 0.2) is 0 Å². The summed E-state index contributed by atoms with van der Waals surface area (Å²) in [6.07, 6.45) is -1.51. The number of benzene rings is 1. The van der Waals surface area contributed by atoms with E-state index in [4.69, 9.17) is 0 Å². The first-order valence-corrected chi connectivity index (χ1v) is 9.33. The highest BCUT2D eigenvalue weighted by Gasteiger charge is 2.36.